The molecule has 0 aromatic rings. The van der Waals surface area contributed by atoms with E-state index >= 15 is 0 Å². The maximum atomic E-state index is 10.7. The molecule has 0 amide bonds. The summed E-state index contributed by atoms with van der Waals surface area (Å²) in [6, 6.07) is 0. The minimum atomic E-state index is 0.226. The van der Waals surface area contributed by atoms with Gasteiger partial charge >= 0.3 is 0 Å². The monoisotopic (exact) mass is 317 g/mol. The highest BCUT2D eigenvalue weighted by molar-refractivity contribution is 5.33. The van der Waals surface area contributed by atoms with Crippen LogP contribution in [0.5, 0.6) is 0 Å². The van der Waals surface area contributed by atoms with Crippen LogP contribution in [0.1, 0.15) is 79.1 Å². The molecule has 0 radical (unpaired) electrons. The van der Waals surface area contributed by atoms with Crippen molar-refractivity contribution in [1.29, 1.82) is 0 Å². The Hall–Kier alpha value is -0.620. The van der Waals surface area contributed by atoms with E-state index in [1.54, 1.807) is 6.08 Å². The van der Waals surface area contributed by atoms with Crippen LogP contribution in [0.15, 0.2) is 4.99 Å². The first-order valence-electron chi connectivity index (χ1n) is 9.94. The lowest BCUT2D eigenvalue weighted by Crippen LogP contribution is -2.54. The Kier molecular flexibility index (Phi) is 4.76. The van der Waals surface area contributed by atoms with Gasteiger partial charge in [-0.3, -0.25) is 0 Å². The number of rotatable bonds is 3. The van der Waals surface area contributed by atoms with Gasteiger partial charge in [0.1, 0.15) is 0 Å². The van der Waals surface area contributed by atoms with E-state index in [1.807, 2.05) is 0 Å². The Morgan fingerprint density at radius 3 is 2.61 bits per heavy atom. The molecule has 2 heteroatoms. The number of fused-ring (bicyclic) bond motifs is 3. The molecule has 3 aliphatic rings. The van der Waals surface area contributed by atoms with Crippen molar-refractivity contribution in [1.82, 2.24) is 0 Å². The second kappa shape index (κ2) is 6.36. The maximum absolute atomic E-state index is 10.7. The van der Waals surface area contributed by atoms with E-state index in [9.17, 15) is 4.79 Å². The molecule has 3 unspecified atom stereocenters. The minimum Gasteiger partial charge on any atom is -0.211 e. The molecule has 0 aromatic heterocycles. The van der Waals surface area contributed by atoms with Crippen molar-refractivity contribution >= 4 is 6.08 Å². The number of nitrogens with zero attached hydrogens (tertiary/aromatic N) is 1. The second-order valence-electron chi connectivity index (χ2n) is 9.73. The molecule has 3 saturated carbocycles. The topological polar surface area (TPSA) is 29.4 Å². The van der Waals surface area contributed by atoms with E-state index in [0.29, 0.717) is 12.0 Å². The predicted octanol–water partition coefficient (Wildman–Crippen LogP) is 5.62. The van der Waals surface area contributed by atoms with Crippen LogP contribution in [0.25, 0.3) is 0 Å². The zero-order valence-corrected chi connectivity index (χ0v) is 15.6. The molecule has 0 bridgehead atoms. The normalized spacial score (nSPS) is 46.7. The number of carbonyl (C=O) groups excluding carboxylic acids is 1. The highest BCUT2D eigenvalue weighted by Crippen LogP contribution is 2.64. The summed E-state index contributed by atoms with van der Waals surface area (Å²) in [5, 5.41) is 0. The highest BCUT2D eigenvalue weighted by Gasteiger charge is 2.56. The average Bonchev–Trinajstić information content (AvgIpc) is 2.52. The lowest BCUT2D eigenvalue weighted by molar-refractivity contribution is -0.119. The molecule has 3 rings (SSSR count). The molecule has 0 heterocycles. The molecule has 0 aliphatic heterocycles. The van der Waals surface area contributed by atoms with Gasteiger partial charge in [-0.1, -0.05) is 34.1 Å². The van der Waals surface area contributed by atoms with Gasteiger partial charge in [0.25, 0.3) is 0 Å². The molecule has 6 atom stereocenters. The van der Waals surface area contributed by atoms with Crippen LogP contribution in [0.4, 0.5) is 0 Å². The van der Waals surface area contributed by atoms with Crippen molar-refractivity contribution < 1.29 is 4.79 Å². The Morgan fingerprint density at radius 1 is 1.13 bits per heavy atom. The molecule has 23 heavy (non-hydrogen) atoms. The largest absolute Gasteiger partial charge is 0.234 e. The number of aliphatic imine (C=N–C) groups is 1. The fraction of sp³-hybridized carbons (Fsp3) is 0.952. The van der Waals surface area contributed by atoms with Crippen LogP contribution >= 0.6 is 0 Å². The Balaban J connectivity index is 1.82. The Labute approximate surface area is 142 Å². The Morgan fingerprint density at radius 2 is 1.91 bits per heavy atom. The molecule has 0 aromatic carbocycles. The van der Waals surface area contributed by atoms with Gasteiger partial charge in [-0.15, -0.1) is 0 Å². The molecule has 0 N–H and O–H groups in total. The van der Waals surface area contributed by atoms with Crippen LogP contribution in [0.2, 0.25) is 0 Å². The van der Waals surface area contributed by atoms with Gasteiger partial charge in [-0.2, -0.15) is 0 Å². The van der Waals surface area contributed by atoms with E-state index < -0.39 is 0 Å². The third-order valence-corrected chi connectivity index (χ3v) is 8.24. The van der Waals surface area contributed by atoms with E-state index in [2.05, 4.69) is 32.7 Å². The first kappa shape index (κ1) is 17.2. The molecular weight excluding hydrogens is 282 g/mol. The van der Waals surface area contributed by atoms with Gasteiger partial charge < -0.3 is 0 Å². The summed E-state index contributed by atoms with van der Waals surface area (Å²) < 4.78 is 0. The summed E-state index contributed by atoms with van der Waals surface area (Å²) in [5.41, 5.74) is 0.709. The van der Waals surface area contributed by atoms with Gasteiger partial charge in [0.05, 0.1) is 6.54 Å². The number of isocyanates is 1. The number of hydrogen-bond acceptors (Lipinski definition) is 2. The van der Waals surface area contributed by atoms with Crippen molar-refractivity contribution in [2.45, 2.75) is 79.1 Å². The van der Waals surface area contributed by atoms with Crippen molar-refractivity contribution in [2.75, 3.05) is 6.54 Å². The Bertz CT molecular complexity index is 480. The number of hydrogen-bond donors (Lipinski definition) is 0. The van der Waals surface area contributed by atoms with E-state index in [0.717, 1.165) is 29.6 Å². The molecular formula is C21H35NO. The lowest BCUT2D eigenvalue weighted by atomic mass is 9.43. The van der Waals surface area contributed by atoms with Gasteiger partial charge in [-0.25, -0.2) is 9.79 Å². The summed E-state index contributed by atoms with van der Waals surface area (Å²) >= 11 is 0. The zero-order chi connectivity index (χ0) is 16.7. The van der Waals surface area contributed by atoms with Crippen LogP contribution in [0.3, 0.4) is 0 Å². The third kappa shape index (κ3) is 2.93. The zero-order valence-electron chi connectivity index (χ0n) is 15.6. The van der Waals surface area contributed by atoms with Crippen LogP contribution in [0, 0.1) is 40.4 Å². The van der Waals surface area contributed by atoms with Crippen molar-refractivity contribution in [3.8, 4) is 0 Å². The van der Waals surface area contributed by atoms with E-state index in [1.165, 1.54) is 51.4 Å². The van der Waals surface area contributed by atoms with E-state index in [4.69, 9.17) is 0 Å². The van der Waals surface area contributed by atoms with Crippen molar-refractivity contribution in [3.05, 3.63) is 0 Å². The minimum absolute atomic E-state index is 0.226. The molecule has 3 fully saturated rings. The van der Waals surface area contributed by atoms with Crippen molar-refractivity contribution in [3.63, 3.8) is 0 Å². The quantitative estimate of drug-likeness (QED) is 0.491. The van der Waals surface area contributed by atoms with Crippen molar-refractivity contribution in [2.24, 2.45) is 45.4 Å². The summed E-state index contributed by atoms with van der Waals surface area (Å²) in [5.74, 6) is 4.41. The molecule has 130 valence electrons. The van der Waals surface area contributed by atoms with Gasteiger partial charge in [0.15, 0.2) is 0 Å². The molecule has 0 spiro atoms. The molecule has 2 nitrogen and oxygen atoms in total. The molecule has 0 saturated heterocycles. The lowest BCUT2D eigenvalue weighted by Gasteiger charge is -2.61. The fourth-order valence-corrected chi connectivity index (χ4v) is 7.02. The maximum Gasteiger partial charge on any atom is 0.234 e. The predicted molar refractivity (Wildman–Crippen MR) is 94.9 cm³/mol. The fourth-order valence-electron chi connectivity index (χ4n) is 7.02. The summed E-state index contributed by atoms with van der Waals surface area (Å²) in [6.07, 6.45) is 12.9. The third-order valence-electron chi connectivity index (χ3n) is 8.24. The SMILES string of the molecule is CC(C)C1CC[C@@H]2C(CCC3[C@@](C)(CN=C=O)CCC[C@@]32C)C1. The van der Waals surface area contributed by atoms with E-state index in [-0.39, 0.29) is 5.41 Å². The summed E-state index contributed by atoms with van der Waals surface area (Å²) in [4.78, 5) is 14.7. The van der Waals surface area contributed by atoms with Crippen LogP contribution in [-0.2, 0) is 4.79 Å². The van der Waals surface area contributed by atoms with Crippen LogP contribution < -0.4 is 0 Å². The van der Waals surface area contributed by atoms with Gasteiger partial charge in [0, 0.05) is 0 Å². The second-order valence-corrected chi connectivity index (χ2v) is 9.73. The standard InChI is InChI=1S/C21H35NO/c1-15(2)16-6-8-18-17(12-16)7-9-19-20(3,13-22-14-23)10-5-11-21(18,19)4/h15-19H,5-13H2,1-4H3/t16?,17?,18-,19?,20-,21-/m1/s1. The van der Waals surface area contributed by atoms with Gasteiger partial charge in [0.2, 0.25) is 6.08 Å². The first-order valence-corrected chi connectivity index (χ1v) is 9.94. The molecule has 3 aliphatic carbocycles. The first-order chi connectivity index (χ1) is 10.9. The smallest absolute Gasteiger partial charge is 0.211 e. The average molecular weight is 318 g/mol. The van der Waals surface area contributed by atoms with Crippen LogP contribution in [-0.4, -0.2) is 12.6 Å². The summed E-state index contributed by atoms with van der Waals surface area (Å²) in [7, 11) is 0. The summed E-state index contributed by atoms with van der Waals surface area (Å²) in [6.45, 7) is 10.5. The van der Waals surface area contributed by atoms with Gasteiger partial charge in [-0.05, 0) is 85.4 Å². The highest BCUT2D eigenvalue weighted by atomic mass is 16.1.